The van der Waals surface area contributed by atoms with Crippen molar-refractivity contribution in [3.63, 3.8) is 0 Å². The molecule has 4 heteroatoms. The highest BCUT2D eigenvalue weighted by atomic mass is 127. The van der Waals surface area contributed by atoms with E-state index in [2.05, 4.69) is 37.8 Å². The van der Waals surface area contributed by atoms with Gasteiger partial charge in [0.1, 0.15) is 0 Å². The second-order valence-corrected chi connectivity index (χ2v) is 2.52. The van der Waals surface area contributed by atoms with Gasteiger partial charge in [-0.15, -0.1) is 0 Å². The minimum absolute atomic E-state index is 0.944. The molecule has 9 heavy (non-hydrogen) atoms. The Morgan fingerprint density at radius 2 is 2.67 bits per heavy atom. The molecule has 0 spiro atoms. The van der Waals surface area contributed by atoms with Gasteiger partial charge in [-0.05, 0) is 0 Å². The largest absolute Gasteiger partial charge is 0.359 e. The lowest BCUT2D eigenvalue weighted by Crippen LogP contribution is -2.35. The van der Waals surface area contributed by atoms with Crippen molar-refractivity contribution in [2.45, 2.75) is 0 Å². The van der Waals surface area contributed by atoms with Crippen LogP contribution in [-0.4, -0.2) is 35.5 Å². The molecule has 0 saturated carbocycles. The molecule has 0 aromatic heterocycles. The molecule has 52 valence electrons. The highest BCUT2D eigenvalue weighted by molar-refractivity contribution is 14.1. The third-order valence-corrected chi connectivity index (χ3v) is 2.12. The Labute approximate surface area is 68.7 Å². The molecule has 0 saturated heterocycles. The van der Waals surface area contributed by atoms with Crippen LogP contribution in [0.2, 0.25) is 0 Å². The van der Waals surface area contributed by atoms with E-state index in [1.54, 1.807) is 0 Å². The average Bonchev–Trinajstić information content (AvgIpc) is 2.33. The van der Waals surface area contributed by atoms with Gasteiger partial charge in [0.15, 0.2) is 5.96 Å². The Kier molecular flexibility index (Phi) is 2.56. The van der Waals surface area contributed by atoms with Gasteiger partial charge in [-0.1, -0.05) is 22.6 Å². The molecule has 0 aliphatic carbocycles. The Bertz CT molecular complexity index is 123. The molecule has 0 bridgehead atoms. The van der Waals surface area contributed by atoms with Gasteiger partial charge in [0.25, 0.3) is 0 Å². The number of guanidine groups is 1. The summed E-state index contributed by atoms with van der Waals surface area (Å²) in [6.07, 6.45) is 0. The van der Waals surface area contributed by atoms with E-state index in [9.17, 15) is 0 Å². The van der Waals surface area contributed by atoms with Gasteiger partial charge in [0.2, 0.25) is 0 Å². The summed E-state index contributed by atoms with van der Waals surface area (Å²) < 4.78 is 1.03. The van der Waals surface area contributed by atoms with Crippen LogP contribution in [0.15, 0.2) is 4.99 Å². The number of aliphatic imine (C=N–C) groups is 1. The predicted octanol–water partition coefficient (Wildman–Crippen LogP) is 0.270. The second-order valence-electron chi connectivity index (χ2n) is 1.84. The smallest absolute Gasteiger partial charge is 0.194 e. The number of hydrogen-bond donors (Lipinski definition) is 1. The molecule has 1 rings (SSSR count). The summed E-state index contributed by atoms with van der Waals surface area (Å²) in [6.45, 7) is 2.01. The van der Waals surface area contributed by atoms with Crippen molar-refractivity contribution in [3.8, 4) is 0 Å². The van der Waals surface area contributed by atoms with Crippen molar-refractivity contribution < 1.29 is 0 Å². The third kappa shape index (κ3) is 1.47. The SMILES string of the molecule is CNC1=NCCN1CI. The van der Waals surface area contributed by atoms with Crippen molar-refractivity contribution in [1.82, 2.24) is 10.2 Å². The van der Waals surface area contributed by atoms with Crippen LogP contribution in [0.25, 0.3) is 0 Å². The van der Waals surface area contributed by atoms with Gasteiger partial charge in [-0.3, -0.25) is 4.99 Å². The van der Waals surface area contributed by atoms with E-state index < -0.39 is 0 Å². The van der Waals surface area contributed by atoms with Crippen LogP contribution in [0.3, 0.4) is 0 Å². The minimum Gasteiger partial charge on any atom is -0.359 e. The fourth-order valence-corrected chi connectivity index (χ4v) is 1.50. The van der Waals surface area contributed by atoms with Crippen LogP contribution in [0.1, 0.15) is 0 Å². The van der Waals surface area contributed by atoms with Gasteiger partial charge in [0, 0.05) is 13.6 Å². The Morgan fingerprint density at radius 1 is 1.89 bits per heavy atom. The fraction of sp³-hybridized carbons (Fsp3) is 0.800. The molecule has 3 nitrogen and oxygen atoms in total. The number of halogens is 1. The highest BCUT2D eigenvalue weighted by Crippen LogP contribution is 2.00. The lowest BCUT2D eigenvalue weighted by molar-refractivity contribution is 0.532. The van der Waals surface area contributed by atoms with Gasteiger partial charge < -0.3 is 10.2 Å². The Hall–Kier alpha value is 0. The number of nitrogens with one attached hydrogen (secondary N) is 1. The zero-order valence-corrected chi connectivity index (χ0v) is 7.55. The predicted molar refractivity (Wildman–Crippen MR) is 47.0 cm³/mol. The highest BCUT2D eigenvalue weighted by Gasteiger charge is 2.12. The monoisotopic (exact) mass is 239 g/mol. The van der Waals surface area contributed by atoms with E-state index in [1.807, 2.05) is 7.05 Å². The molecule has 0 atom stereocenters. The number of nitrogens with zero attached hydrogens (tertiary/aromatic N) is 2. The molecule has 0 amide bonds. The fourth-order valence-electron chi connectivity index (χ4n) is 0.836. The summed E-state index contributed by atoms with van der Waals surface area (Å²) in [5.41, 5.74) is 0. The van der Waals surface area contributed by atoms with E-state index in [-0.39, 0.29) is 0 Å². The van der Waals surface area contributed by atoms with Gasteiger partial charge >= 0.3 is 0 Å². The number of hydrogen-bond acceptors (Lipinski definition) is 3. The first-order chi connectivity index (χ1) is 4.38. The zero-order valence-electron chi connectivity index (χ0n) is 5.39. The molecule has 0 aromatic rings. The Morgan fingerprint density at radius 3 is 3.11 bits per heavy atom. The molecule has 0 unspecified atom stereocenters. The normalized spacial score (nSPS) is 18.0. The van der Waals surface area contributed by atoms with Crippen LogP contribution in [0.5, 0.6) is 0 Å². The first-order valence-electron chi connectivity index (χ1n) is 2.91. The van der Waals surface area contributed by atoms with Crippen molar-refractivity contribution in [2.75, 3.05) is 24.7 Å². The van der Waals surface area contributed by atoms with Crippen LogP contribution in [-0.2, 0) is 0 Å². The Balaban J connectivity index is 2.47. The summed E-state index contributed by atoms with van der Waals surface area (Å²) >= 11 is 2.33. The summed E-state index contributed by atoms with van der Waals surface area (Å²) in [6, 6.07) is 0. The average molecular weight is 239 g/mol. The summed E-state index contributed by atoms with van der Waals surface area (Å²) in [7, 11) is 1.91. The number of alkyl halides is 1. The minimum atomic E-state index is 0.944. The van der Waals surface area contributed by atoms with E-state index in [0.29, 0.717) is 0 Å². The van der Waals surface area contributed by atoms with Crippen molar-refractivity contribution >= 4 is 28.6 Å². The van der Waals surface area contributed by atoms with Gasteiger partial charge in [-0.2, -0.15) is 0 Å². The van der Waals surface area contributed by atoms with Crippen LogP contribution < -0.4 is 5.32 Å². The molecule has 1 heterocycles. The van der Waals surface area contributed by atoms with Gasteiger partial charge in [-0.25, -0.2) is 0 Å². The molecule has 1 N–H and O–H groups in total. The van der Waals surface area contributed by atoms with E-state index in [1.165, 1.54) is 0 Å². The lowest BCUT2D eigenvalue weighted by atomic mass is 10.6. The topological polar surface area (TPSA) is 27.6 Å². The molecule has 0 aromatic carbocycles. The summed E-state index contributed by atoms with van der Waals surface area (Å²) in [4.78, 5) is 6.44. The first-order valence-corrected chi connectivity index (χ1v) is 4.44. The number of rotatable bonds is 1. The second kappa shape index (κ2) is 3.24. The van der Waals surface area contributed by atoms with Crippen LogP contribution >= 0.6 is 22.6 Å². The molecular formula is C5H10IN3. The van der Waals surface area contributed by atoms with E-state index in [0.717, 1.165) is 23.6 Å². The van der Waals surface area contributed by atoms with E-state index in [4.69, 9.17) is 0 Å². The molecular weight excluding hydrogens is 229 g/mol. The molecule has 0 fully saturated rings. The quantitative estimate of drug-likeness (QED) is 0.404. The zero-order chi connectivity index (χ0) is 6.69. The maximum Gasteiger partial charge on any atom is 0.194 e. The lowest BCUT2D eigenvalue weighted by Gasteiger charge is -2.15. The van der Waals surface area contributed by atoms with Crippen molar-refractivity contribution in [3.05, 3.63) is 0 Å². The van der Waals surface area contributed by atoms with Crippen LogP contribution in [0, 0.1) is 0 Å². The van der Waals surface area contributed by atoms with Crippen molar-refractivity contribution in [1.29, 1.82) is 0 Å². The third-order valence-electron chi connectivity index (χ3n) is 1.30. The maximum atomic E-state index is 4.23. The molecule has 1 aliphatic heterocycles. The standard InChI is InChI=1S/C5H10IN3/c1-7-5-8-2-3-9(5)4-6/h2-4H2,1H3,(H,7,8). The van der Waals surface area contributed by atoms with Crippen LogP contribution in [0.4, 0.5) is 0 Å². The summed E-state index contributed by atoms with van der Waals surface area (Å²) in [5, 5.41) is 3.04. The summed E-state index contributed by atoms with van der Waals surface area (Å²) in [5.74, 6) is 1.03. The van der Waals surface area contributed by atoms with E-state index >= 15 is 0 Å². The molecule has 0 radical (unpaired) electrons. The van der Waals surface area contributed by atoms with Crippen molar-refractivity contribution in [2.24, 2.45) is 4.99 Å². The molecule has 1 aliphatic rings. The first kappa shape index (κ1) is 7.11. The maximum absolute atomic E-state index is 4.23. The van der Waals surface area contributed by atoms with Gasteiger partial charge in [0.05, 0.1) is 11.1 Å².